The van der Waals surface area contributed by atoms with E-state index in [2.05, 4.69) is 4.98 Å². The Labute approximate surface area is 115 Å². The second-order valence-corrected chi connectivity index (χ2v) is 5.22. The minimum absolute atomic E-state index is 0.0277. The quantitative estimate of drug-likeness (QED) is 0.686. The predicted molar refractivity (Wildman–Crippen MR) is 75.3 cm³/mol. The molecule has 2 N–H and O–H groups in total. The molecule has 1 aromatic carbocycles. The molecule has 2 aromatic rings. The third kappa shape index (κ3) is 3.03. The fourth-order valence-electron chi connectivity index (χ4n) is 1.58. The van der Waals surface area contributed by atoms with E-state index in [0.29, 0.717) is 5.03 Å². The van der Waals surface area contributed by atoms with E-state index in [4.69, 9.17) is 5.73 Å². The minimum atomic E-state index is -0.445. The van der Waals surface area contributed by atoms with Gasteiger partial charge < -0.3 is 5.73 Å². The minimum Gasteiger partial charge on any atom is -0.384 e. The van der Waals surface area contributed by atoms with Crippen LogP contribution < -0.4 is 5.73 Å². The summed E-state index contributed by atoms with van der Waals surface area (Å²) in [5.74, 6) is 0.276. The molecule has 0 fully saturated rings. The Morgan fingerprint density at radius 1 is 1.26 bits per heavy atom. The Kier molecular flexibility index (Phi) is 3.71. The van der Waals surface area contributed by atoms with Crippen LogP contribution in [0.4, 0.5) is 11.5 Å². The average molecular weight is 275 g/mol. The van der Waals surface area contributed by atoms with Crippen molar-refractivity contribution in [3.05, 3.63) is 51.6 Å². The summed E-state index contributed by atoms with van der Waals surface area (Å²) >= 11 is 1.26. The predicted octanol–water partition coefficient (Wildman–Crippen LogP) is 3.34. The monoisotopic (exact) mass is 275 g/mol. The number of pyridine rings is 1. The van der Waals surface area contributed by atoms with Crippen LogP contribution in [0.5, 0.6) is 0 Å². The van der Waals surface area contributed by atoms with Gasteiger partial charge in [-0.2, -0.15) is 0 Å². The molecule has 0 radical (unpaired) electrons. The first kappa shape index (κ1) is 13.4. The Balaban J connectivity index is 2.45. The van der Waals surface area contributed by atoms with Crippen molar-refractivity contribution in [2.24, 2.45) is 0 Å². The van der Waals surface area contributed by atoms with Crippen molar-refractivity contribution >= 4 is 23.3 Å². The number of nitrogens with zero attached hydrogens (tertiary/aromatic N) is 2. The van der Waals surface area contributed by atoms with Gasteiger partial charge in [-0.15, -0.1) is 0 Å². The lowest BCUT2D eigenvalue weighted by molar-refractivity contribution is -0.388. The number of benzene rings is 1. The number of rotatable bonds is 3. The van der Waals surface area contributed by atoms with E-state index in [-0.39, 0.29) is 11.5 Å². The van der Waals surface area contributed by atoms with Crippen LogP contribution in [-0.4, -0.2) is 9.91 Å². The first-order valence-electron chi connectivity index (χ1n) is 5.63. The maximum absolute atomic E-state index is 11.0. The lowest BCUT2D eigenvalue weighted by Crippen LogP contribution is -1.97. The number of anilines is 1. The number of nitrogen functional groups attached to an aromatic ring is 1. The van der Waals surface area contributed by atoms with Crippen LogP contribution in [0.3, 0.4) is 0 Å². The molecule has 0 saturated carbocycles. The van der Waals surface area contributed by atoms with E-state index < -0.39 is 4.92 Å². The molecule has 5 nitrogen and oxygen atoms in total. The van der Waals surface area contributed by atoms with Gasteiger partial charge in [0.05, 0.1) is 4.92 Å². The lowest BCUT2D eigenvalue weighted by Gasteiger charge is -2.07. The van der Waals surface area contributed by atoms with E-state index in [9.17, 15) is 10.1 Å². The van der Waals surface area contributed by atoms with Gasteiger partial charge in [-0.05, 0) is 37.1 Å². The Morgan fingerprint density at radius 3 is 2.68 bits per heavy atom. The largest absolute Gasteiger partial charge is 0.384 e. The van der Waals surface area contributed by atoms with Crippen molar-refractivity contribution in [3.63, 3.8) is 0 Å². The van der Waals surface area contributed by atoms with Crippen molar-refractivity contribution in [3.8, 4) is 0 Å². The third-order valence-corrected chi connectivity index (χ3v) is 3.76. The molecule has 1 aromatic heterocycles. The summed E-state index contributed by atoms with van der Waals surface area (Å²) in [5, 5.41) is 11.3. The summed E-state index contributed by atoms with van der Waals surface area (Å²) in [6.07, 6.45) is 0. The van der Waals surface area contributed by atoms with Gasteiger partial charge in [0.1, 0.15) is 5.82 Å². The first-order valence-corrected chi connectivity index (χ1v) is 6.45. The van der Waals surface area contributed by atoms with E-state index in [1.54, 1.807) is 0 Å². The molecule has 0 atom stereocenters. The van der Waals surface area contributed by atoms with Crippen LogP contribution in [0.15, 0.2) is 40.3 Å². The average Bonchev–Trinajstić information content (AvgIpc) is 2.33. The molecule has 98 valence electrons. The summed E-state index contributed by atoms with van der Waals surface area (Å²) in [5.41, 5.74) is 7.72. The fraction of sp³-hybridized carbons (Fsp3) is 0.154. The van der Waals surface area contributed by atoms with Gasteiger partial charge in [0.15, 0.2) is 5.03 Å². The van der Waals surface area contributed by atoms with E-state index >= 15 is 0 Å². The van der Waals surface area contributed by atoms with Gasteiger partial charge in [0.2, 0.25) is 0 Å². The molecular formula is C13H13N3O2S. The molecule has 0 amide bonds. The van der Waals surface area contributed by atoms with Crippen LogP contribution in [-0.2, 0) is 0 Å². The topological polar surface area (TPSA) is 82.0 Å². The van der Waals surface area contributed by atoms with E-state index in [1.807, 2.05) is 32.0 Å². The molecule has 0 spiro atoms. The summed E-state index contributed by atoms with van der Waals surface area (Å²) in [4.78, 5) is 15.5. The zero-order valence-electron chi connectivity index (χ0n) is 10.6. The van der Waals surface area contributed by atoms with Gasteiger partial charge in [-0.25, -0.2) is 4.98 Å². The number of nitrogens with two attached hydrogens (primary N) is 1. The lowest BCUT2D eigenvalue weighted by atomic mass is 10.2. The number of nitro groups is 1. The Bertz CT molecular complexity index is 644. The van der Waals surface area contributed by atoms with Crippen LogP contribution in [0.1, 0.15) is 11.1 Å². The Morgan fingerprint density at radius 2 is 2.00 bits per heavy atom. The Hall–Kier alpha value is -2.08. The van der Waals surface area contributed by atoms with Gasteiger partial charge in [-0.3, -0.25) is 10.1 Å². The third-order valence-electron chi connectivity index (χ3n) is 2.61. The number of hydrogen-bond acceptors (Lipinski definition) is 5. The molecule has 0 bridgehead atoms. The highest BCUT2D eigenvalue weighted by atomic mass is 32.2. The van der Waals surface area contributed by atoms with Crippen LogP contribution >= 0.6 is 11.8 Å². The maximum Gasteiger partial charge on any atom is 0.301 e. The standard InChI is InChI=1S/C13H13N3O2S/c1-8-3-4-9(2)11(7-8)19-13-10(16(17)18)5-6-12(14)15-13/h3-7H,1-2H3,(H2,14,15). The van der Waals surface area contributed by atoms with Gasteiger partial charge >= 0.3 is 5.69 Å². The fourth-order valence-corrected chi connectivity index (χ4v) is 2.66. The second-order valence-electron chi connectivity index (χ2n) is 4.19. The molecule has 2 rings (SSSR count). The second kappa shape index (κ2) is 5.27. The number of aromatic nitrogens is 1. The summed E-state index contributed by atoms with van der Waals surface area (Å²) in [6.45, 7) is 3.94. The highest BCUT2D eigenvalue weighted by Gasteiger charge is 2.17. The van der Waals surface area contributed by atoms with E-state index in [0.717, 1.165) is 16.0 Å². The SMILES string of the molecule is Cc1ccc(C)c(Sc2nc(N)ccc2[N+](=O)[O-])c1. The van der Waals surface area contributed by atoms with Crippen LogP contribution in [0, 0.1) is 24.0 Å². The van der Waals surface area contributed by atoms with Gasteiger partial charge in [0.25, 0.3) is 0 Å². The molecule has 0 aliphatic rings. The number of hydrogen-bond donors (Lipinski definition) is 1. The highest BCUT2D eigenvalue weighted by molar-refractivity contribution is 7.99. The van der Waals surface area contributed by atoms with Crippen molar-refractivity contribution in [2.45, 2.75) is 23.8 Å². The number of aryl methyl sites for hydroxylation is 2. The van der Waals surface area contributed by atoms with Crippen molar-refractivity contribution in [2.75, 3.05) is 5.73 Å². The zero-order valence-corrected chi connectivity index (χ0v) is 11.4. The van der Waals surface area contributed by atoms with Crippen LogP contribution in [0.2, 0.25) is 0 Å². The smallest absolute Gasteiger partial charge is 0.301 e. The van der Waals surface area contributed by atoms with Gasteiger partial charge in [-0.1, -0.05) is 23.9 Å². The molecular weight excluding hydrogens is 262 g/mol. The van der Waals surface area contributed by atoms with Crippen molar-refractivity contribution < 1.29 is 4.92 Å². The molecule has 19 heavy (non-hydrogen) atoms. The molecule has 0 aliphatic carbocycles. The van der Waals surface area contributed by atoms with E-state index in [1.165, 1.54) is 23.9 Å². The van der Waals surface area contributed by atoms with Crippen molar-refractivity contribution in [1.29, 1.82) is 0 Å². The first-order chi connectivity index (χ1) is 8.97. The molecule has 6 heteroatoms. The van der Waals surface area contributed by atoms with Crippen LogP contribution in [0.25, 0.3) is 0 Å². The van der Waals surface area contributed by atoms with Gasteiger partial charge in [0, 0.05) is 11.0 Å². The molecule has 0 saturated heterocycles. The molecule has 1 heterocycles. The summed E-state index contributed by atoms with van der Waals surface area (Å²) < 4.78 is 0. The zero-order chi connectivity index (χ0) is 14.0. The maximum atomic E-state index is 11.0. The van der Waals surface area contributed by atoms with Crippen molar-refractivity contribution in [1.82, 2.24) is 4.98 Å². The normalized spacial score (nSPS) is 10.4. The summed E-state index contributed by atoms with van der Waals surface area (Å²) in [6, 6.07) is 8.78. The molecule has 0 aliphatic heterocycles. The summed E-state index contributed by atoms with van der Waals surface area (Å²) in [7, 11) is 0. The molecule has 0 unspecified atom stereocenters. The highest BCUT2D eigenvalue weighted by Crippen LogP contribution is 2.35.